The maximum atomic E-state index is 9.54. The second-order valence-electron chi connectivity index (χ2n) is 4.32. The second-order valence-corrected chi connectivity index (χ2v) is 4.32. The van der Waals surface area contributed by atoms with Gasteiger partial charge in [-0.2, -0.15) is 0 Å². The lowest BCUT2D eigenvalue weighted by molar-refractivity contribution is 0.409. The van der Waals surface area contributed by atoms with Crippen molar-refractivity contribution in [3.8, 4) is 11.5 Å². The van der Waals surface area contributed by atoms with Crippen molar-refractivity contribution in [2.45, 2.75) is 19.4 Å². The molecule has 2 aromatic rings. The van der Waals surface area contributed by atoms with Gasteiger partial charge in [-0.3, -0.25) is 4.98 Å². The van der Waals surface area contributed by atoms with Crippen LogP contribution in [0, 0.1) is 0 Å². The lowest BCUT2D eigenvalue weighted by atomic mass is 10.1. The van der Waals surface area contributed by atoms with Gasteiger partial charge in [-0.15, -0.1) is 0 Å². The molecule has 0 saturated carbocycles. The van der Waals surface area contributed by atoms with E-state index in [4.69, 9.17) is 10.5 Å². The van der Waals surface area contributed by atoms with Crippen molar-refractivity contribution in [1.29, 1.82) is 0 Å². The highest BCUT2D eigenvalue weighted by molar-refractivity contribution is 5.35. The van der Waals surface area contributed by atoms with Crippen LogP contribution < -0.4 is 10.5 Å². The Balaban J connectivity index is 2.10. The average Bonchev–Trinajstić information content (AvgIpc) is 2.46. The van der Waals surface area contributed by atoms with E-state index in [0.29, 0.717) is 6.54 Å². The van der Waals surface area contributed by atoms with E-state index < -0.39 is 0 Å². The predicted molar refractivity (Wildman–Crippen MR) is 74.2 cm³/mol. The molecule has 1 aromatic carbocycles. The Bertz CT molecular complexity index is 556. The number of nitrogens with zero attached hydrogens (tertiary/aromatic N) is 1. The Morgan fingerprint density at radius 3 is 2.74 bits per heavy atom. The Kier molecular flexibility index (Phi) is 4.36. The molecule has 19 heavy (non-hydrogen) atoms. The van der Waals surface area contributed by atoms with E-state index >= 15 is 0 Å². The fourth-order valence-electron chi connectivity index (χ4n) is 2.01. The highest BCUT2D eigenvalue weighted by Gasteiger charge is 2.05. The summed E-state index contributed by atoms with van der Waals surface area (Å²) in [6.07, 6.45) is 3.08. The smallest absolute Gasteiger partial charge is 0.138 e. The number of hydrogen-bond acceptors (Lipinski definition) is 4. The molecule has 0 radical (unpaired) electrons. The van der Waals surface area contributed by atoms with Crippen molar-refractivity contribution in [2.75, 3.05) is 7.11 Å². The average molecular weight is 258 g/mol. The molecule has 0 bridgehead atoms. The minimum atomic E-state index is 0.156. The standard InChI is InChI=1S/C15H18N2O2/c1-19-15-5-3-2-4-11(15)6-7-13-8-12(9-16)14(18)10-17-13/h2-5,8,10,18H,6-7,9,16H2,1H3. The van der Waals surface area contributed by atoms with Crippen molar-refractivity contribution in [3.05, 3.63) is 53.3 Å². The largest absolute Gasteiger partial charge is 0.506 e. The number of para-hydroxylation sites is 1. The molecule has 0 atom stereocenters. The first-order chi connectivity index (χ1) is 9.24. The van der Waals surface area contributed by atoms with E-state index in [1.54, 1.807) is 7.11 Å². The molecule has 3 N–H and O–H groups in total. The van der Waals surface area contributed by atoms with E-state index in [-0.39, 0.29) is 5.75 Å². The minimum absolute atomic E-state index is 0.156. The first-order valence-corrected chi connectivity index (χ1v) is 6.23. The first kappa shape index (κ1) is 13.4. The molecule has 0 amide bonds. The van der Waals surface area contributed by atoms with Gasteiger partial charge in [0.05, 0.1) is 13.3 Å². The highest BCUT2D eigenvalue weighted by Crippen LogP contribution is 2.20. The quantitative estimate of drug-likeness (QED) is 0.861. The van der Waals surface area contributed by atoms with Gasteiger partial charge in [-0.1, -0.05) is 18.2 Å². The van der Waals surface area contributed by atoms with Crippen LogP contribution in [0.25, 0.3) is 0 Å². The number of benzene rings is 1. The summed E-state index contributed by atoms with van der Waals surface area (Å²) < 4.78 is 5.32. The van der Waals surface area contributed by atoms with E-state index in [9.17, 15) is 5.11 Å². The van der Waals surface area contributed by atoms with Crippen molar-refractivity contribution >= 4 is 0 Å². The highest BCUT2D eigenvalue weighted by atomic mass is 16.5. The van der Waals surface area contributed by atoms with Crippen molar-refractivity contribution < 1.29 is 9.84 Å². The van der Waals surface area contributed by atoms with Crippen LogP contribution in [-0.4, -0.2) is 17.2 Å². The number of aryl methyl sites for hydroxylation is 2. The Hall–Kier alpha value is -2.07. The SMILES string of the molecule is COc1ccccc1CCc1cc(CN)c(O)cn1. The van der Waals surface area contributed by atoms with Crippen LogP contribution in [0.5, 0.6) is 11.5 Å². The van der Waals surface area contributed by atoms with Crippen molar-refractivity contribution in [2.24, 2.45) is 5.73 Å². The summed E-state index contributed by atoms with van der Waals surface area (Å²) in [5.41, 5.74) is 8.36. The second kappa shape index (κ2) is 6.20. The van der Waals surface area contributed by atoms with Crippen LogP contribution >= 0.6 is 0 Å². The van der Waals surface area contributed by atoms with E-state index in [2.05, 4.69) is 4.98 Å². The monoisotopic (exact) mass is 258 g/mol. The van der Waals surface area contributed by atoms with E-state index in [0.717, 1.165) is 35.4 Å². The summed E-state index contributed by atoms with van der Waals surface area (Å²) in [5, 5.41) is 9.54. The number of pyridine rings is 1. The fourth-order valence-corrected chi connectivity index (χ4v) is 2.01. The molecule has 4 nitrogen and oxygen atoms in total. The summed E-state index contributed by atoms with van der Waals surface area (Å²) in [5.74, 6) is 1.05. The summed E-state index contributed by atoms with van der Waals surface area (Å²) >= 11 is 0. The van der Waals surface area contributed by atoms with Gasteiger partial charge in [0.25, 0.3) is 0 Å². The van der Waals surface area contributed by atoms with Crippen LogP contribution in [0.15, 0.2) is 36.5 Å². The van der Waals surface area contributed by atoms with Gasteiger partial charge in [0, 0.05) is 17.8 Å². The molecule has 1 heterocycles. The number of aromatic hydroxyl groups is 1. The topological polar surface area (TPSA) is 68.4 Å². The van der Waals surface area contributed by atoms with Gasteiger partial charge >= 0.3 is 0 Å². The molecule has 0 fully saturated rings. The molecular formula is C15H18N2O2. The number of ether oxygens (including phenoxy) is 1. The maximum Gasteiger partial charge on any atom is 0.138 e. The molecule has 1 aromatic heterocycles. The molecule has 0 aliphatic heterocycles. The van der Waals surface area contributed by atoms with Gasteiger partial charge in [0.15, 0.2) is 0 Å². The Labute approximate surface area is 112 Å². The van der Waals surface area contributed by atoms with Crippen molar-refractivity contribution in [3.63, 3.8) is 0 Å². The van der Waals surface area contributed by atoms with Crippen LogP contribution in [0.3, 0.4) is 0 Å². The zero-order chi connectivity index (χ0) is 13.7. The molecule has 0 spiro atoms. The van der Waals surface area contributed by atoms with Crippen molar-refractivity contribution in [1.82, 2.24) is 4.98 Å². The number of rotatable bonds is 5. The number of hydrogen-bond donors (Lipinski definition) is 2. The van der Waals surface area contributed by atoms with Crippen LogP contribution in [-0.2, 0) is 19.4 Å². The van der Waals surface area contributed by atoms with Gasteiger partial charge in [-0.05, 0) is 30.5 Å². The zero-order valence-electron chi connectivity index (χ0n) is 11.0. The number of aromatic nitrogens is 1. The molecule has 4 heteroatoms. The molecule has 0 unspecified atom stereocenters. The summed E-state index contributed by atoms with van der Waals surface area (Å²) in [7, 11) is 1.67. The van der Waals surface area contributed by atoms with Gasteiger partial charge < -0.3 is 15.6 Å². The predicted octanol–water partition coefficient (Wildman–Crippen LogP) is 2.04. The fraction of sp³-hybridized carbons (Fsp3) is 0.267. The minimum Gasteiger partial charge on any atom is -0.506 e. The first-order valence-electron chi connectivity index (χ1n) is 6.23. The van der Waals surface area contributed by atoms with Crippen LogP contribution in [0.4, 0.5) is 0 Å². The molecule has 2 rings (SSSR count). The molecule has 0 aliphatic rings. The number of nitrogens with two attached hydrogens (primary N) is 1. The summed E-state index contributed by atoms with van der Waals surface area (Å²) in [6.45, 7) is 0.315. The molecule has 0 aliphatic carbocycles. The third kappa shape index (κ3) is 3.23. The third-order valence-electron chi connectivity index (χ3n) is 3.09. The Morgan fingerprint density at radius 2 is 2.00 bits per heavy atom. The molecule has 100 valence electrons. The lowest BCUT2D eigenvalue weighted by Crippen LogP contribution is -2.01. The normalized spacial score (nSPS) is 10.4. The maximum absolute atomic E-state index is 9.54. The van der Waals surface area contributed by atoms with E-state index in [1.165, 1.54) is 6.20 Å². The van der Waals surface area contributed by atoms with Gasteiger partial charge in [-0.25, -0.2) is 0 Å². The van der Waals surface area contributed by atoms with Gasteiger partial charge in [0.2, 0.25) is 0 Å². The van der Waals surface area contributed by atoms with Crippen LogP contribution in [0.2, 0.25) is 0 Å². The summed E-state index contributed by atoms with van der Waals surface area (Å²) in [4.78, 5) is 4.21. The summed E-state index contributed by atoms with van der Waals surface area (Å²) in [6, 6.07) is 9.79. The van der Waals surface area contributed by atoms with Crippen LogP contribution in [0.1, 0.15) is 16.8 Å². The van der Waals surface area contributed by atoms with E-state index in [1.807, 2.05) is 30.3 Å². The Morgan fingerprint density at radius 1 is 1.21 bits per heavy atom. The third-order valence-corrected chi connectivity index (χ3v) is 3.09. The zero-order valence-corrected chi connectivity index (χ0v) is 11.0. The molecular weight excluding hydrogens is 240 g/mol. The number of methoxy groups -OCH3 is 1. The lowest BCUT2D eigenvalue weighted by Gasteiger charge is -2.08. The van der Waals surface area contributed by atoms with Gasteiger partial charge in [0.1, 0.15) is 11.5 Å². The molecule has 0 saturated heterocycles.